The highest BCUT2D eigenvalue weighted by atomic mass is 32.2. The van der Waals surface area contributed by atoms with Gasteiger partial charge in [-0.15, -0.1) is 0 Å². The Hall–Kier alpha value is -0.390. The third-order valence-electron chi connectivity index (χ3n) is 2.49. The predicted molar refractivity (Wildman–Crippen MR) is 56.3 cm³/mol. The predicted octanol–water partition coefficient (Wildman–Crippen LogP) is 3.02. The molecule has 0 unspecified atom stereocenters. The lowest BCUT2D eigenvalue weighted by Crippen LogP contribution is -2.21. The molecule has 0 aromatic heterocycles. The number of thioether (sulfide) groups is 1. The topological polar surface area (TPSA) is 26.3 Å². The Morgan fingerprint density at radius 1 is 1.31 bits per heavy atom. The van der Waals surface area contributed by atoms with E-state index in [-0.39, 0.29) is 6.42 Å². The van der Waals surface area contributed by atoms with Crippen molar-refractivity contribution < 1.29 is 22.7 Å². The zero-order valence-electron chi connectivity index (χ0n) is 8.89. The first-order valence-electron chi connectivity index (χ1n) is 5.27. The summed E-state index contributed by atoms with van der Waals surface area (Å²) in [5.41, 5.74) is 0. The van der Waals surface area contributed by atoms with Crippen LogP contribution < -0.4 is 0 Å². The summed E-state index contributed by atoms with van der Waals surface area (Å²) in [7, 11) is 0. The molecule has 0 aromatic carbocycles. The van der Waals surface area contributed by atoms with Gasteiger partial charge in [0, 0.05) is 6.42 Å². The fraction of sp³-hybridized carbons (Fsp3) is 0.900. The standard InChI is InChI=1S/C10H15F3O2S/c11-10(12,13)7-15-9(14)2-1-8-3-5-16-6-4-8/h8H,1-7H2. The number of carbonyl (C=O) groups excluding carboxylic acids is 1. The lowest BCUT2D eigenvalue weighted by molar-refractivity contribution is -0.186. The number of halogens is 3. The molecule has 1 heterocycles. The average Bonchev–Trinajstić information content (AvgIpc) is 2.24. The molecule has 1 saturated heterocycles. The Morgan fingerprint density at radius 3 is 2.50 bits per heavy atom. The van der Waals surface area contributed by atoms with Gasteiger partial charge in [0.15, 0.2) is 6.61 Å². The second-order valence-electron chi connectivity index (χ2n) is 3.87. The van der Waals surface area contributed by atoms with E-state index in [1.165, 1.54) is 0 Å². The molecule has 2 nitrogen and oxygen atoms in total. The van der Waals surface area contributed by atoms with E-state index in [0.717, 1.165) is 24.3 Å². The van der Waals surface area contributed by atoms with Crippen LogP contribution in [0.2, 0.25) is 0 Å². The maximum absolute atomic E-state index is 11.7. The van der Waals surface area contributed by atoms with Crippen molar-refractivity contribution in [2.75, 3.05) is 18.1 Å². The number of hydrogen-bond acceptors (Lipinski definition) is 3. The van der Waals surface area contributed by atoms with E-state index in [0.29, 0.717) is 12.3 Å². The van der Waals surface area contributed by atoms with Gasteiger partial charge in [0.2, 0.25) is 0 Å². The molecule has 1 rings (SSSR count). The van der Waals surface area contributed by atoms with Gasteiger partial charge in [0.25, 0.3) is 0 Å². The summed E-state index contributed by atoms with van der Waals surface area (Å²) in [4.78, 5) is 11.0. The van der Waals surface area contributed by atoms with Crippen LogP contribution in [0.3, 0.4) is 0 Å². The van der Waals surface area contributed by atoms with E-state index < -0.39 is 18.8 Å². The molecule has 0 spiro atoms. The van der Waals surface area contributed by atoms with E-state index in [2.05, 4.69) is 4.74 Å². The molecule has 0 saturated carbocycles. The third kappa shape index (κ3) is 6.25. The molecule has 16 heavy (non-hydrogen) atoms. The summed E-state index contributed by atoms with van der Waals surface area (Å²) >= 11 is 1.88. The Kier molecular flexibility index (Phi) is 5.44. The van der Waals surface area contributed by atoms with E-state index in [1.54, 1.807) is 0 Å². The Labute approximate surface area is 96.9 Å². The van der Waals surface area contributed by atoms with Crippen LogP contribution in [-0.2, 0) is 9.53 Å². The maximum atomic E-state index is 11.7. The van der Waals surface area contributed by atoms with Crippen molar-refractivity contribution in [3.63, 3.8) is 0 Å². The van der Waals surface area contributed by atoms with Crippen LogP contribution >= 0.6 is 11.8 Å². The van der Waals surface area contributed by atoms with Crippen LogP contribution in [0.4, 0.5) is 13.2 Å². The van der Waals surface area contributed by atoms with Crippen molar-refractivity contribution in [2.24, 2.45) is 5.92 Å². The molecule has 0 N–H and O–H groups in total. The molecule has 1 fully saturated rings. The number of esters is 1. The van der Waals surface area contributed by atoms with Gasteiger partial charge < -0.3 is 4.74 Å². The van der Waals surface area contributed by atoms with Crippen molar-refractivity contribution in [1.29, 1.82) is 0 Å². The molecule has 0 atom stereocenters. The molecule has 0 bridgehead atoms. The summed E-state index contributed by atoms with van der Waals surface area (Å²) in [5, 5.41) is 0. The van der Waals surface area contributed by atoms with Gasteiger partial charge in [-0.2, -0.15) is 24.9 Å². The second-order valence-corrected chi connectivity index (χ2v) is 5.10. The average molecular weight is 256 g/mol. The van der Waals surface area contributed by atoms with Gasteiger partial charge in [-0.1, -0.05) is 0 Å². The summed E-state index contributed by atoms with van der Waals surface area (Å²) in [6.07, 6.45) is -1.56. The van der Waals surface area contributed by atoms with E-state index in [9.17, 15) is 18.0 Å². The molecule has 94 valence electrons. The third-order valence-corrected chi connectivity index (χ3v) is 3.54. The van der Waals surface area contributed by atoms with Crippen LogP contribution in [-0.4, -0.2) is 30.3 Å². The van der Waals surface area contributed by atoms with Crippen LogP contribution in [0, 0.1) is 5.92 Å². The minimum Gasteiger partial charge on any atom is -0.456 e. The summed E-state index contributed by atoms with van der Waals surface area (Å²) in [6, 6.07) is 0. The fourth-order valence-corrected chi connectivity index (χ4v) is 2.80. The number of alkyl halides is 3. The second kappa shape index (κ2) is 6.37. The van der Waals surface area contributed by atoms with E-state index in [1.807, 2.05) is 11.8 Å². The van der Waals surface area contributed by atoms with Crippen LogP contribution in [0.25, 0.3) is 0 Å². The monoisotopic (exact) mass is 256 g/mol. The molecule has 0 aromatic rings. The van der Waals surface area contributed by atoms with E-state index >= 15 is 0 Å². The van der Waals surface area contributed by atoms with Gasteiger partial charge in [-0.3, -0.25) is 4.79 Å². The Morgan fingerprint density at radius 2 is 1.94 bits per heavy atom. The number of hydrogen-bond donors (Lipinski definition) is 0. The van der Waals surface area contributed by atoms with Crippen LogP contribution in [0.5, 0.6) is 0 Å². The summed E-state index contributed by atoms with van der Waals surface area (Å²) in [5.74, 6) is 1.90. The normalized spacial score (nSPS) is 18.4. The minimum absolute atomic E-state index is 0.103. The highest BCUT2D eigenvalue weighted by molar-refractivity contribution is 7.99. The first-order valence-corrected chi connectivity index (χ1v) is 6.43. The first kappa shape index (κ1) is 13.7. The molecule has 1 aliphatic rings. The largest absolute Gasteiger partial charge is 0.456 e. The lowest BCUT2D eigenvalue weighted by Gasteiger charge is -2.20. The molecule has 1 aliphatic heterocycles. The van der Waals surface area contributed by atoms with Crippen molar-refractivity contribution in [3.8, 4) is 0 Å². The summed E-state index contributed by atoms with van der Waals surface area (Å²) in [6.45, 7) is -1.47. The quantitative estimate of drug-likeness (QED) is 0.723. The highest BCUT2D eigenvalue weighted by Gasteiger charge is 2.29. The lowest BCUT2D eigenvalue weighted by atomic mass is 9.97. The van der Waals surface area contributed by atoms with E-state index in [4.69, 9.17) is 0 Å². The zero-order chi connectivity index (χ0) is 12.0. The molecule has 0 amide bonds. The number of carbonyl (C=O) groups is 1. The molecule has 0 radical (unpaired) electrons. The molecular weight excluding hydrogens is 241 g/mol. The van der Waals surface area contributed by atoms with Crippen molar-refractivity contribution in [3.05, 3.63) is 0 Å². The van der Waals surface area contributed by atoms with Crippen molar-refractivity contribution in [2.45, 2.75) is 31.9 Å². The fourth-order valence-electron chi connectivity index (χ4n) is 1.59. The summed E-state index contributed by atoms with van der Waals surface area (Å²) < 4.78 is 39.3. The number of rotatable bonds is 4. The first-order chi connectivity index (χ1) is 7.47. The van der Waals surface area contributed by atoms with Gasteiger partial charge in [0.05, 0.1) is 0 Å². The smallest absolute Gasteiger partial charge is 0.422 e. The Balaban J connectivity index is 2.09. The van der Waals surface area contributed by atoms with Crippen molar-refractivity contribution in [1.82, 2.24) is 0 Å². The van der Waals surface area contributed by atoms with Gasteiger partial charge >= 0.3 is 12.1 Å². The van der Waals surface area contributed by atoms with Crippen LogP contribution in [0.1, 0.15) is 25.7 Å². The number of ether oxygens (including phenoxy) is 1. The maximum Gasteiger partial charge on any atom is 0.422 e. The molecule has 6 heteroatoms. The van der Waals surface area contributed by atoms with Gasteiger partial charge in [0.1, 0.15) is 0 Å². The Bertz CT molecular complexity index is 225. The van der Waals surface area contributed by atoms with Gasteiger partial charge in [-0.25, -0.2) is 0 Å². The molecular formula is C10H15F3O2S. The SMILES string of the molecule is O=C(CCC1CCSCC1)OCC(F)(F)F. The van der Waals surface area contributed by atoms with Gasteiger partial charge in [-0.05, 0) is 36.7 Å². The van der Waals surface area contributed by atoms with Crippen molar-refractivity contribution >= 4 is 17.7 Å². The zero-order valence-corrected chi connectivity index (χ0v) is 9.70. The highest BCUT2D eigenvalue weighted by Crippen LogP contribution is 2.26. The minimum atomic E-state index is -4.42. The molecule has 0 aliphatic carbocycles. The van der Waals surface area contributed by atoms with Crippen LogP contribution in [0.15, 0.2) is 0 Å².